The highest BCUT2D eigenvalue weighted by molar-refractivity contribution is 5.36. The topological polar surface area (TPSA) is 49.7 Å². The molecule has 0 amide bonds. The summed E-state index contributed by atoms with van der Waals surface area (Å²) in [6.07, 6.45) is 1.11. The van der Waals surface area contributed by atoms with E-state index in [1.165, 1.54) is 0 Å². The van der Waals surface area contributed by atoms with Crippen LogP contribution in [0, 0.1) is 17.5 Å². The van der Waals surface area contributed by atoms with E-state index in [0.717, 1.165) is 6.08 Å². The van der Waals surface area contributed by atoms with E-state index in [1.807, 2.05) is 0 Å². The van der Waals surface area contributed by atoms with Crippen molar-refractivity contribution >= 4 is 6.08 Å². The normalized spacial score (nSPS) is 9.64. The molecule has 1 aromatic rings. The highest BCUT2D eigenvalue weighted by Crippen LogP contribution is 2.25. The molecule has 0 fully saturated rings. The number of isocyanates is 1. The highest BCUT2D eigenvalue weighted by Gasteiger charge is 2.17. The van der Waals surface area contributed by atoms with Gasteiger partial charge in [-0.1, -0.05) is 0 Å². The van der Waals surface area contributed by atoms with E-state index in [1.54, 1.807) is 0 Å². The largest absolute Gasteiger partial charge is 0.503 e. The van der Waals surface area contributed by atoms with Gasteiger partial charge in [0.25, 0.3) is 0 Å². The van der Waals surface area contributed by atoms with Crippen molar-refractivity contribution in [3.63, 3.8) is 0 Å². The van der Waals surface area contributed by atoms with Gasteiger partial charge in [0.1, 0.15) is 0 Å². The summed E-state index contributed by atoms with van der Waals surface area (Å²) in [5.41, 5.74) is -0.412. The number of carbonyl (C=O) groups excluding carboxylic acids is 1. The Hall–Kier alpha value is -1.81. The van der Waals surface area contributed by atoms with E-state index in [0.29, 0.717) is 6.07 Å². The molecule has 0 atom stereocenters. The summed E-state index contributed by atoms with van der Waals surface area (Å²) in [7, 11) is 0. The molecule has 1 rings (SSSR count). The van der Waals surface area contributed by atoms with Crippen molar-refractivity contribution in [3.8, 4) is 5.75 Å². The van der Waals surface area contributed by atoms with Gasteiger partial charge in [-0.25, -0.2) is 18.6 Å². The van der Waals surface area contributed by atoms with Crippen LogP contribution < -0.4 is 0 Å². The van der Waals surface area contributed by atoms with E-state index in [2.05, 4.69) is 4.99 Å². The molecular formula is C8H4F3NO2. The first kappa shape index (κ1) is 10.3. The van der Waals surface area contributed by atoms with Crippen LogP contribution in [0.2, 0.25) is 0 Å². The van der Waals surface area contributed by atoms with Crippen molar-refractivity contribution in [1.82, 2.24) is 0 Å². The molecule has 0 aliphatic carbocycles. The average Bonchev–Trinajstić information content (AvgIpc) is 2.18. The van der Waals surface area contributed by atoms with E-state index in [9.17, 15) is 18.0 Å². The van der Waals surface area contributed by atoms with E-state index < -0.39 is 35.3 Å². The predicted octanol–water partition coefficient (Wildman–Crippen LogP) is 1.65. The summed E-state index contributed by atoms with van der Waals surface area (Å²) in [5.74, 6) is -5.81. The van der Waals surface area contributed by atoms with Gasteiger partial charge in [-0.05, 0) is 6.07 Å². The first-order valence-corrected chi connectivity index (χ1v) is 3.47. The Morgan fingerprint density at radius 2 is 2.00 bits per heavy atom. The third-order valence-electron chi connectivity index (χ3n) is 1.52. The Bertz CT molecular complexity index is 414. The maximum atomic E-state index is 12.9. The SMILES string of the molecule is O=C=NCc1cc(F)c(F)c(O)c1F. The van der Waals surface area contributed by atoms with Crippen LogP contribution in [0.5, 0.6) is 5.75 Å². The van der Waals surface area contributed by atoms with Gasteiger partial charge in [-0.15, -0.1) is 0 Å². The van der Waals surface area contributed by atoms with E-state index >= 15 is 0 Å². The van der Waals surface area contributed by atoms with Gasteiger partial charge in [-0.3, -0.25) is 0 Å². The van der Waals surface area contributed by atoms with Crippen molar-refractivity contribution in [2.24, 2.45) is 4.99 Å². The van der Waals surface area contributed by atoms with Crippen LogP contribution >= 0.6 is 0 Å². The molecule has 0 bridgehead atoms. The Morgan fingerprint density at radius 3 is 2.57 bits per heavy atom. The third-order valence-corrected chi connectivity index (χ3v) is 1.52. The number of benzene rings is 1. The zero-order valence-electron chi connectivity index (χ0n) is 6.72. The van der Waals surface area contributed by atoms with Gasteiger partial charge in [-0.2, -0.15) is 4.39 Å². The molecule has 0 radical (unpaired) electrons. The number of aliphatic imine (C=N–C) groups is 1. The minimum Gasteiger partial charge on any atom is -0.503 e. The Kier molecular flexibility index (Phi) is 2.89. The molecule has 0 spiro atoms. The van der Waals surface area contributed by atoms with Gasteiger partial charge < -0.3 is 5.11 Å². The summed E-state index contributed by atoms with van der Waals surface area (Å²) in [6.45, 7) is -0.500. The van der Waals surface area contributed by atoms with Crippen LogP contribution in [-0.4, -0.2) is 11.2 Å². The molecular weight excluding hydrogens is 199 g/mol. The minimum atomic E-state index is -1.67. The summed E-state index contributed by atoms with van der Waals surface area (Å²) in [5, 5.41) is 8.74. The number of nitrogens with zero attached hydrogens (tertiary/aromatic N) is 1. The second-order valence-corrected chi connectivity index (χ2v) is 2.40. The second kappa shape index (κ2) is 3.93. The fourth-order valence-electron chi connectivity index (χ4n) is 0.874. The van der Waals surface area contributed by atoms with Gasteiger partial charge in [0.15, 0.2) is 17.4 Å². The van der Waals surface area contributed by atoms with Crippen molar-refractivity contribution in [3.05, 3.63) is 29.1 Å². The second-order valence-electron chi connectivity index (χ2n) is 2.40. The number of hydrogen-bond donors (Lipinski definition) is 1. The summed E-state index contributed by atoms with van der Waals surface area (Å²) in [4.78, 5) is 12.7. The van der Waals surface area contributed by atoms with Crippen LogP contribution in [0.4, 0.5) is 13.2 Å². The van der Waals surface area contributed by atoms with E-state index in [4.69, 9.17) is 5.11 Å². The maximum absolute atomic E-state index is 12.9. The van der Waals surface area contributed by atoms with Crippen LogP contribution in [0.25, 0.3) is 0 Å². The summed E-state index contributed by atoms with van der Waals surface area (Å²) >= 11 is 0. The number of aromatic hydroxyl groups is 1. The monoisotopic (exact) mass is 203 g/mol. The number of phenols is 1. The van der Waals surface area contributed by atoms with E-state index in [-0.39, 0.29) is 0 Å². The molecule has 6 heteroatoms. The highest BCUT2D eigenvalue weighted by atomic mass is 19.2. The molecule has 14 heavy (non-hydrogen) atoms. The van der Waals surface area contributed by atoms with Gasteiger partial charge in [0.2, 0.25) is 11.9 Å². The lowest BCUT2D eigenvalue weighted by atomic mass is 10.2. The minimum absolute atomic E-state index is 0.412. The molecule has 0 saturated heterocycles. The standard InChI is InChI=1S/C8H4F3NO2/c9-5-1-4(2-12-3-13)6(10)8(14)7(5)11/h1,14H,2H2. The molecule has 74 valence electrons. The maximum Gasteiger partial charge on any atom is 0.235 e. The Morgan fingerprint density at radius 1 is 1.36 bits per heavy atom. The first-order chi connectivity index (χ1) is 6.57. The fourth-order valence-corrected chi connectivity index (χ4v) is 0.874. The lowest BCUT2D eigenvalue weighted by Gasteiger charge is -2.03. The lowest BCUT2D eigenvalue weighted by molar-refractivity contribution is 0.373. The molecule has 0 aliphatic rings. The third kappa shape index (κ3) is 1.75. The smallest absolute Gasteiger partial charge is 0.235 e. The Labute approximate surface area is 76.5 Å². The van der Waals surface area contributed by atoms with Gasteiger partial charge in [0, 0.05) is 5.56 Å². The number of phenolic OH excluding ortho intramolecular Hbond substituents is 1. The van der Waals surface area contributed by atoms with Crippen molar-refractivity contribution < 1.29 is 23.1 Å². The summed E-state index contributed by atoms with van der Waals surface area (Å²) < 4.78 is 38.0. The predicted molar refractivity (Wildman–Crippen MR) is 39.8 cm³/mol. The molecule has 3 nitrogen and oxygen atoms in total. The van der Waals surface area contributed by atoms with Crippen LogP contribution in [-0.2, 0) is 11.3 Å². The van der Waals surface area contributed by atoms with Crippen molar-refractivity contribution in [2.45, 2.75) is 6.54 Å². The Balaban J connectivity index is 3.25. The van der Waals surface area contributed by atoms with Crippen molar-refractivity contribution in [2.75, 3.05) is 0 Å². The number of halogens is 3. The average molecular weight is 203 g/mol. The van der Waals surface area contributed by atoms with Crippen LogP contribution in [0.15, 0.2) is 11.1 Å². The number of rotatable bonds is 2. The van der Waals surface area contributed by atoms with Gasteiger partial charge >= 0.3 is 0 Å². The number of hydrogen-bond acceptors (Lipinski definition) is 3. The molecule has 0 aromatic heterocycles. The fraction of sp³-hybridized carbons (Fsp3) is 0.125. The van der Waals surface area contributed by atoms with Gasteiger partial charge in [0.05, 0.1) is 6.54 Å². The molecule has 1 N–H and O–H groups in total. The molecule has 0 unspecified atom stereocenters. The van der Waals surface area contributed by atoms with Crippen LogP contribution in [0.3, 0.4) is 0 Å². The molecule has 0 aliphatic heterocycles. The first-order valence-electron chi connectivity index (χ1n) is 3.47. The summed E-state index contributed by atoms with van der Waals surface area (Å²) in [6, 6.07) is 0.519. The zero-order chi connectivity index (χ0) is 10.7. The molecule has 0 heterocycles. The lowest BCUT2D eigenvalue weighted by Crippen LogP contribution is -1.95. The molecule has 0 saturated carbocycles. The quantitative estimate of drug-likeness (QED) is 0.451. The zero-order valence-corrected chi connectivity index (χ0v) is 6.72. The molecule has 1 aromatic carbocycles. The van der Waals surface area contributed by atoms with Crippen molar-refractivity contribution in [1.29, 1.82) is 0 Å². The van der Waals surface area contributed by atoms with Crippen LogP contribution in [0.1, 0.15) is 5.56 Å².